The van der Waals surface area contributed by atoms with Crippen LogP contribution >= 0.6 is 11.6 Å². The first kappa shape index (κ1) is 16.6. The Labute approximate surface area is 133 Å². The number of amides is 1. The smallest absolute Gasteiger partial charge is 0.335 e. The van der Waals surface area contributed by atoms with Crippen molar-refractivity contribution in [3.05, 3.63) is 28.8 Å². The summed E-state index contributed by atoms with van der Waals surface area (Å²) in [5, 5.41) is 19.4. The first-order valence-electron chi connectivity index (χ1n) is 6.92. The summed E-state index contributed by atoms with van der Waals surface area (Å²) in [7, 11) is 1.52. The first-order chi connectivity index (χ1) is 10.4. The quantitative estimate of drug-likeness (QED) is 0.871. The topological polar surface area (TPSA) is 87.1 Å². The van der Waals surface area contributed by atoms with Gasteiger partial charge in [0.2, 0.25) is 5.91 Å². The van der Waals surface area contributed by atoms with Gasteiger partial charge in [0.05, 0.1) is 13.5 Å². The highest BCUT2D eigenvalue weighted by Gasteiger charge is 2.40. The zero-order valence-electron chi connectivity index (χ0n) is 12.2. The van der Waals surface area contributed by atoms with E-state index in [1.165, 1.54) is 7.11 Å². The fraction of sp³-hybridized carbons (Fsp3) is 0.467. The second kappa shape index (κ2) is 6.54. The fourth-order valence-corrected chi connectivity index (χ4v) is 2.69. The van der Waals surface area contributed by atoms with Gasteiger partial charge in [-0.05, 0) is 18.2 Å². The Morgan fingerprint density at radius 2 is 2.00 bits per heavy atom. The Bertz CT molecular complexity index is 581. The van der Waals surface area contributed by atoms with Crippen LogP contribution in [0.2, 0.25) is 5.02 Å². The second-order valence-electron chi connectivity index (χ2n) is 5.35. The molecule has 1 aromatic carbocycles. The highest BCUT2D eigenvalue weighted by Crippen LogP contribution is 2.26. The number of piperidine rings is 1. The monoisotopic (exact) mass is 327 g/mol. The number of carbonyl (C=O) groups is 2. The van der Waals surface area contributed by atoms with Crippen LogP contribution in [0.4, 0.5) is 0 Å². The van der Waals surface area contributed by atoms with Crippen molar-refractivity contribution in [1.29, 1.82) is 0 Å². The lowest BCUT2D eigenvalue weighted by atomic mass is 9.91. The van der Waals surface area contributed by atoms with Gasteiger partial charge in [-0.3, -0.25) is 4.79 Å². The Balaban J connectivity index is 2.02. The largest absolute Gasteiger partial charge is 0.496 e. The molecule has 1 heterocycles. The van der Waals surface area contributed by atoms with Crippen LogP contribution in [0.3, 0.4) is 0 Å². The number of ether oxygens (including phenoxy) is 1. The van der Waals surface area contributed by atoms with Crippen LogP contribution < -0.4 is 4.74 Å². The predicted octanol–water partition coefficient (Wildman–Crippen LogP) is 1.33. The van der Waals surface area contributed by atoms with Crippen molar-refractivity contribution in [3.8, 4) is 5.75 Å². The molecule has 6 nitrogen and oxygen atoms in total. The zero-order valence-corrected chi connectivity index (χ0v) is 13.0. The predicted molar refractivity (Wildman–Crippen MR) is 80.1 cm³/mol. The summed E-state index contributed by atoms with van der Waals surface area (Å²) in [6, 6.07) is 5.06. The minimum absolute atomic E-state index is 0.0285. The number of halogens is 1. The molecule has 1 aliphatic heterocycles. The molecule has 0 saturated carbocycles. The Morgan fingerprint density at radius 1 is 1.36 bits per heavy atom. The lowest BCUT2D eigenvalue weighted by Crippen LogP contribution is -2.51. The number of carbonyl (C=O) groups excluding carboxylic acids is 1. The molecule has 0 unspecified atom stereocenters. The molecular weight excluding hydrogens is 310 g/mol. The van der Waals surface area contributed by atoms with Gasteiger partial charge in [0.25, 0.3) is 0 Å². The van der Waals surface area contributed by atoms with Crippen LogP contribution in [0.1, 0.15) is 18.4 Å². The molecule has 1 aliphatic rings. The Morgan fingerprint density at radius 3 is 2.55 bits per heavy atom. The van der Waals surface area contributed by atoms with E-state index in [0.717, 1.165) is 0 Å². The minimum Gasteiger partial charge on any atom is -0.496 e. The first-order valence-corrected chi connectivity index (χ1v) is 7.29. The van der Waals surface area contributed by atoms with E-state index in [2.05, 4.69) is 0 Å². The number of hydrogen-bond acceptors (Lipinski definition) is 4. The standard InChI is InChI=1S/C15H18ClNO5/c1-22-12-3-2-11(16)8-10(12)9-13(18)17-6-4-15(21,5-7-17)14(19)20/h2-3,8,21H,4-7,9H2,1H3,(H,19,20). The van der Waals surface area contributed by atoms with Gasteiger partial charge in [0.1, 0.15) is 5.75 Å². The molecule has 0 aliphatic carbocycles. The molecule has 1 amide bonds. The molecular formula is C15H18ClNO5. The van der Waals surface area contributed by atoms with Gasteiger partial charge >= 0.3 is 5.97 Å². The van der Waals surface area contributed by atoms with Crippen molar-refractivity contribution in [2.75, 3.05) is 20.2 Å². The van der Waals surface area contributed by atoms with Crippen LogP contribution in [0.25, 0.3) is 0 Å². The van der Waals surface area contributed by atoms with Gasteiger partial charge < -0.3 is 19.8 Å². The molecule has 0 aromatic heterocycles. The number of methoxy groups -OCH3 is 1. The van der Waals surface area contributed by atoms with E-state index in [9.17, 15) is 14.7 Å². The summed E-state index contributed by atoms with van der Waals surface area (Å²) in [6.07, 6.45) is 0.177. The normalized spacial score (nSPS) is 17.1. The van der Waals surface area contributed by atoms with Gasteiger partial charge in [-0.1, -0.05) is 11.6 Å². The molecule has 0 radical (unpaired) electrons. The fourth-order valence-electron chi connectivity index (χ4n) is 2.50. The van der Waals surface area contributed by atoms with E-state index in [-0.39, 0.29) is 38.3 Å². The molecule has 120 valence electrons. The van der Waals surface area contributed by atoms with Crippen LogP contribution in [0.5, 0.6) is 5.75 Å². The van der Waals surface area contributed by atoms with E-state index >= 15 is 0 Å². The van der Waals surface area contributed by atoms with E-state index in [0.29, 0.717) is 16.3 Å². The van der Waals surface area contributed by atoms with Crippen molar-refractivity contribution in [1.82, 2.24) is 4.90 Å². The van der Waals surface area contributed by atoms with Gasteiger partial charge in [0.15, 0.2) is 5.60 Å². The highest BCUT2D eigenvalue weighted by atomic mass is 35.5. The van der Waals surface area contributed by atoms with Crippen molar-refractivity contribution < 1.29 is 24.5 Å². The number of carboxylic acids is 1. The third-order valence-electron chi connectivity index (χ3n) is 3.93. The molecule has 0 spiro atoms. The molecule has 1 aromatic rings. The van der Waals surface area contributed by atoms with Crippen LogP contribution in [0.15, 0.2) is 18.2 Å². The number of likely N-dealkylation sites (tertiary alicyclic amines) is 1. The number of aliphatic carboxylic acids is 1. The van der Waals surface area contributed by atoms with E-state index in [1.807, 2.05) is 0 Å². The van der Waals surface area contributed by atoms with Crippen molar-refractivity contribution in [3.63, 3.8) is 0 Å². The molecule has 1 saturated heterocycles. The van der Waals surface area contributed by atoms with Crippen LogP contribution in [-0.4, -0.2) is 52.8 Å². The SMILES string of the molecule is COc1ccc(Cl)cc1CC(=O)N1CCC(O)(C(=O)O)CC1. The van der Waals surface area contributed by atoms with Crippen molar-refractivity contribution >= 4 is 23.5 Å². The lowest BCUT2D eigenvalue weighted by molar-refractivity contribution is -0.165. The second-order valence-corrected chi connectivity index (χ2v) is 5.79. The number of nitrogens with zero attached hydrogens (tertiary/aromatic N) is 1. The zero-order chi connectivity index (χ0) is 16.3. The van der Waals surface area contributed by atoms with Crippen LogP contribution in [0, 0.1) is 0 Å². The lowest BCUT2D eigenvalue weighted by Gasteiger charge is -2.35. The summed E-state index contributed by atoms with van der Waals surface area (Å²) < 4.78 is 5.21. The highest BCUT2D eigenvalue weighted by molar-refractivity contribution is 6.30. The molecule has 0 atom stereocenters. The average Bonchev–Trinajstić information content (AvgIpc) is 2.48. The van der Waals surface area contributed by atoms with E-state index in [1.54, 1.807) is 23.1 Å². The summed E-state index contributed by atoms with van der Waals surface area (Å²) in [6.45, 7) is 0.426. The van der Waals surface area contributed by atoms with Crippen molar-refractivity contribution in [2.45, 2.75) is 24.9 Å². The van der Waals surface area contributed by atoms with Gasteiger partial charge in [-0.25, -0.2) is 4.79 Å². The summed E-state index contributed by atoms with van der Waals surface area (Å²) >= 11 is 5.94. The molecule has 0 bridgehead atoms. The molecule has 2 N–H and O–H groups in total. The van der Waals surface area contributed by atoms with E-state index < -0.39 is 11.6 Å². The van der Waals surface area contributed by atoms with Crippen molar-refractivity contribution in [2.24, 2.45) is 0 Å². The summed E-state index contributed by atoms with van der Waals surface area (Å²) in [4.78, 5) is 24.9. The number of aliphatic hydroxyl groups is 1. The molecule has 2 rings (SSSR count). The van der Waals surface area contributed by atoms with Gasteiger partial charge in [-0.15, -0.1) is 0 Å². The third-order valence-corrected chi connectivity index (χ3v) is 4.16. The summed E-state index contributed by atoms with van der Waals surface area (Å²) in [5.74, 6) is -0.805. The van der Waals surface area contributed by atoms with Gasteiger partial charge in [0, 0.05) is 36.5 Å². The van der Waals surface area contributed by atoms with Crippen LogP contribution in [-0.2, 0) is 16.0 Å². The van der Waals surface area contributed by atoms with Gasteiger partial charge in [-0.2, -0.15) is 0 Å². The number of rotatable bonds is 4. The Kier molecular flexibility index (Phi) is 4.93. The summed E-state index contributed by atoms with van der Waals surface area (Å²) in [5.41, 5.74) is -1.05. The molecule has 22 heavy (non-hydrogen) atoms. The molecule has 1 fully saturated rings. The number of carboxylic acid groups (broad SMARTS) is 1. The maximum absolute atomic E-state index is 12.3. The molecule has 7 heteroatoms. The number of hydrogen-bond donors (Lipinski definition) is 2. The maximum Gasteiger partial charge on any atom is 0.335 e. The minimum atomic E-state index is -1.73. The number of benzene rings is 1. The average molecular weight is 328 g/mol. The maximum atomic E-state index is 12.3. The third kappa shape index (κ3) is 3.51. The Hall–Kier alpha value is -1.79. The van der Waals surface area contributed by atoms with E-state index in [4.69, 9.17) is 21.4 Å².